The van der Waals surface area contributed by atoms with Crippen LogP contribution in [0.1, 0.15) is 9.75 Å². The van der Waals surface area contributed by atoms with Crippen LogP contribution in [0.4, 0.5) is 13.2 Å². The van der Waals surface area contributed by atoms with E-state index in [1.165, 1.54) is 22.7 Å². The molecule has 0 fully saturated rings. The standard InChI is InChI=1S/C15H12F3NO3S2/c16-15(17,18)9-19-13(20)8-22-14(21)11(12-4-2-6-24-12)7-10-3-1-5-23-10/h1-7H,8-9H2,(H,19,20). The first kappa shape index (κ1) is 18.2. The summed E-state index contributed by atoms with van der Waals surface area (Å²) in [5.41, 5.74) is 0.246. The van der Waals surface area contributed by atoms with Crippen LogP contribution >= 0.6 is 22.7 Å². The van der Waals surface area contributed by atoms with E-state index in [0.29, 0.717) is 4.88 Å². The lowest BCUT2D eigenvalue weighted by Crippen LogP contribution is -2.36. The predicted molar refractivity (Wildman–Crippen MR) is 86.5 cm³/mol. The molecule has 0 aliphatic heterocycles. The van der Waals surface area contributed by atoms with E-state index in [1.807, 2.05) is 17.5 Å². The molecule has 0 spiro atoms. The molecule has 2 aromatic rings. The van der Waals surface area contributed by atoms with Crippen molar-refractivity contribution in [3.63, 3.8) is 0 Å². The molecule has 1 amide bonds. The van der Waals surface area contributed by atoms with Crippen LogP contribution in [0, 0.1) is 0 Å². The van der Waals surface area contributed by atoms with Crippen molar-refractivity contribution >= 4 is 46.2 Å². The van der Waals surface area contributed by atoms with Gasteiger partial charge in [0.05, 0.1) is 5.57 Å². The second kappa shape index (κ2) is 8.11. The van der Waals surface area contributed by atoms with Crippen molar-refractivity contribution in [2.24, 2.45) is 0 Å². The van der Waals surface area contributed by atoms with Crippen molar-refractivity contribution in [3.8, 4) is 0 Å². The monoisotopic (exact) mass is 375 g/mol. The van der Waals surface area contributed by atoms with Gasteiger partial charge in [0.2, 0.25) is 0 Å². The lowest BCUT2D eigenvalue weighted by Gasteiger charge is -2.09. The van der Waals surface area contributed by atoms with Crippen LogP contribution in [0.3, 0.4) is 0 Å². The minimum Gasteiger partial charge on any atom is -0.452 e. The van der Waals surface area contributed by atoms with Crippen molar-refractivity contribution < 1.29 is 27.5 Å². The van der Waals surface area contributed by atoms with Crippen molar-refractivity contribution in [3.05, 3.63) is 44.8 Å². The number of hydrogen-bond acceptors (Lipinski definition) is 5. The Morgan fingerprint density at radius 3 is 2.46 bits per heavy atom. The molecular formula is C15H12F3NO3S2. The third kappa shape index (κ3) is 5.82. The largest absolute Gasteiger partial charge is 0.452 e. The number of carbonyl (C=O) groups is 2. The summed E-state index contributed by atoms with van der Waals surface area (Å²) < 4.78 is 40.9. The molecule has 128 valence electrons. The number of alkyl halides is 3. The van der Waals surface area contributed by atoms with Gasteiger partial charge in [0.15, 0.2) is 6.61 Å². The first-order valence-corrected chi connectivity index (χ1v) is 8.41. The lowest BCUT2D eigenvalue weighted by molar-refractivity contribution is -0.147. The Bertz CT molecular complexity index is 707. The highest BCUT2D eigenvalue weighted by Crippen LogP contribution is 2.25. The van der Waals surface area contributed by atoms with E-state index in [4.69, 9.17) is 4.74 Å². The molecule has 0 atom stereocenters. The van der Waals surface area contributed by atoms with Crippen molar-refractivity contribution in [1.82, 2.24) is 5.32 Å². The second-order valence-electron chi connectivity index (χ2n) is 4.52. The molecule has 2 rings (SSSR count). The van der Waals surface area contributed by atoms with Gasteiger partial charge in [0.1, 0.15) is 6.54 Å². The average molecular weight is 375 g/mol. The van der Waals surface area contributed by atoms with Crippen LogP contribution < -0.4 is 5.32 Å². The summed E-state index contributed by atoms with van der Waals surface area (Å²) in [7, 11) is 0. The summed E-state index contributed by atoms with van der Waals surface area (Å²) in [6.07, 6.45) is -2.90. The molecule has 2 heterocycles. The number of esters is 1. The third-order valence-electron chi connectivity index (χ3n) is 2.66. The van der Waals surface area contributed by atoms with Crippen molar-refractivity contribution in [2.75, 3.05) is 13.2 Å². The summed E-state index contributed by atoms with van der Waals surface area (Å²) in [6, 6.07) is 7.10. The van der Waals surface area contributed by atoms with Gasteiger partial charge in [0.25, 0.3) is 5.91 Å². The zero-order chi connectivity index (χ0) is 17.6. The highest BCUT2D eigenvalue weighted by atomic mass is 32.1. The van der Waals surface area contributed by atoms with E-state index < -0.39 is 31.2 Å². The average Bonchev–Trinajstić information content (AvgIpc) is 3.20. The maximum atomic E-state index is 12.2. The van der Waals surface area contributed by atoms with E-state index in [0.717, 1.165) is 4.88 Å². The van der Waals surface area contributed by atoms with Gasteiger partial charge in [-0.3, -0.25) is 4.79 Å². The van der Waals surface area contributed by atoms with Crippen LogP contribution in [-0.4, -0.2) is 31.2 Å². The Labute approximate surface area is 143 Å². The normalized spacial score (nSPS) is 12.0. The Morgan fingerprint density at radius 2 is 1.88 bits per heavy atom. The van der Waals surface area contributed by atoms with E-state index >= 15 is 0 Å². The SMILES string of the molecule is O=C(COC(=O)C(=Cc1cccs1)c1cccs1)NCC(F)(F)F. The number of amides is 1. The van der Waals surface area contributed by atoms with Gasteiger partial charge in [-0.2, -0.15) is 13.2 Å². The highest BCUT2D eigenvalue weighted by molar-refractivity contribution is 7.12. The van der Waals surface area contributed by atoms with Crippen LogP contribution in [0.2, 0.25) is 0 Å². The molecule has 0 aliphatic rings. The first-order chi connectivity index (χ1) is 11.3. The van der Waals surface area contributed by atoms with Gasteiger partial charge in [0, 0.05) is 9.75 Å². The van der Waals surface area contributed by atoms with E-state index in [1.54, 1.807) is 28.9 Å². The van der Waals surface area contributed by atoms with Crippen molar-refractivity contribution in [1.29, 1.82) is 0 Å². The van der Waals surface area contributed by atoms with Gasteiger partial charge < -0.3 is 10.1 Å². The maximum Gasteiger partial charge on any atom is 0.405 e. The molecule has 0 bridgehead atoms. The van der Waals surface area contributed by atoms with Gasteiger partial charge in [-0.1, -0.05) is 12.1 Å². The molecule has 0 aliphatic carbocycles. The van der Waals surface area contributed by atoms with Crippen molar-refractivity contribution in [2.45, 2.75) is 6.18 Å². The Morgan fingerprint density at radius 1 is 1.17 bits per heavy atom. The Hall–Kier alpha value is -2.13. The van der Waals surface area contributed by atoms with E-state index in [2.05, 4.69) is 0 Å². The molecule has 0 aromatic carbocycles. The summed E-state index contributed by atoms with van der Waals surface area (Å²) in [4.78, 5) is 25.0. The number of thiophene rings is 2. The van der Waals surface area contributed by atoms with Crippen LogP contribution in [0.25, 0.3) is 11.6 Å². The first-order valence-electron chi connectivity index (χ1n) is 6.65. The molecule has 4 nitrogen and oxygen atoms in total. The number of carbonyl (C=O) groups excluding carboxylic acids is 2. The predicted octanol–water partition coefficient (Wildman–Crippen LogP) is 3.57. The number of halogens is 3. The molecule has 9 heteroatoms. The number of ether oxygens (including phenoxy) is 1. The maximum absolute atomic E-state index is 12.2. The fourth-order valence-electron chi connectivity index (χ4n) is 1.64. The summed E-state index contributed by atoms with van der Waals surface area (Å²) in [5, 5.41) is 5.26. The molecule has 2 aromatic heterocycles. The van der Waals surface area contributed by atoms with Crippen LogP contribution in [0.5, 0.6) is 0 Å². The quantitative estimate of drug-likeness (QED) is 0.620. The summed E-state index contributed by atoms with van der Waals surface area (Å²) in [5.74, 6) is -1.78. The van der Waals surface area contributed by atoms with Crippen LogP contribution in [-0.2, 0) is 14.3 Å². The zero-order valence-electron chi connectivity index (χ0n) is 12.1. The fourth-order valence-corrected chi connectivity index (χ4v) is 3.02. The van der Waals surface area contributed by atoms with E-state index in [-0.39, 0.29) is 5.57 Å². The van der Waals surface area contributed by atoms with Gasteiger partial charge in [-0.25, -0.2) is 4.79 Å². The minimum atomic E-state index is -4.51. The van der Waals surface area contributed by atoms with Gasteiger partial charge in [-0.15, -0.1) is 22.7 Å². The van der Waals surface area contributed by atoms with E-state index in [9.17, 15) is 22.8 Å². The molecule has 24 heavy (non-hydrogen) atoms. The van der Waals surface area contributed by atoms with Crippen LogP contribution in [0.15, 0.2) is 35.0 Å². The Kier molecular flexibility index (Phi) is 6.16. The third-order valence-corrected chi connectivity index (χ3v) is 4.38. The summed E-state index contributed by atoms with van der Waals surface area (Å²) in [6.45, 7) is -2.24. The molecule has 1 N–H and O–H groups in total. The van der Waals surface area contributed by atoms with Gasteiger partial charge >= 0.3 is 12.1 Å². The molecule has 0 saturated carbocycles. The van der Waals surface area contributed by atoms with Gasteiger partial charge in [-0.05, 0) is 29.0 Å². The summed E-state index contributed by atoms with van der Waals surface area (Å²) >= 11 is 2.73. The Balaban J connectivity index is 2.00. The zero-order valence-corrected chi connectivity index (χ0v) is 13.8. The fraction of sp³-hybridized carbons (Fsp3) is 0.200. The second-order valence-corrected chi connectivity index (χ2v) is 6.45. The molecular weight excluding hydrogens is 363 g/mol. The minimum absolute atomic E-state index is 0.246. The topological polar surface area (TPSA) is 55.4 Å². The molecule has 0 saturated heterocycles. The molecule has 0 radical (unpaired) electrons. The highest BCUT2D eigenvalue weighted by Gasteiger charge is 2.28. The number of rotatable bonds is 6. The smallest absolute Gasteiger partial charge is 0.405 e. The molecule has 0 unspecified atom stereocenters. The lowest BCUT2D eigenvalue weighted by atomic mass is 10.2. The number of nitrogens with one attached hydrogen (secondary N) is 1. The number of hydrogen-bond donors (Lipinski definition) is 1.